The van der Waals surface area contributed by atoms with Crippen LogP contribution in [0.4, 0.5) is 5.82 Å². The van der Waals surface area contributed by atoms with Crippen molar-refractivity contribution in [3.8, 4) is 0 Å². The molecule has 1 saturated heterocycles. The fourth-order valence-electron chi connectivity index (χ4n) is 2.43. The van der Waals surface area contributed by atoms with Gasteiger partial charge in [-0.15, -0.1) is 0 Å². The van der Waals surface area contributed by atoms with Crippen LogP contribution in [0, 0.1) is 12.8 Å². The van der Waals surface area contributed by atoms with E-state index >= 15 is 0 Å². The maximum atomic E-state index is 4.53. The van der Waals surface area contributed by atoms with Gasteiger partial charge < -0.3 is 4.90 Å². The van der Waals surface area contributed by atoms with Gasteiger partial charge in [0.25, 0.3) is 0 Å². The van der Waals surface area contributed by atoms with E-state index in [-0.39, 0.29) is 0 Å². The molecule has 0 aliphatic carbocycles. The van der Waals surface area contributed by atoms with Crippen LogP contribution in [-0.2, 0) is 0 Å². The molecule has 0 bridgehead atoms. The predicted octanol–water partition coefficient (Wildman–Crippen LogP) is 3.17. The highest BCUT2D eigenvalue weighted by molar-refractivity contribution is 9.10. The molecule has 1 atom stereocenters. The Balaban J connectivity index is 2.29. The minimum Gasteiger partial charge on any atom is -0.353 e. The predicted molar refractivity (Wildman–Crippen MR) is 69.7 cm³/mol. The SMILES string of the molecule is Cc1nc(Br)cc(N2CCCC2C(C)C)n1. The van der Waals surface area contributed by atoms with Crippen LogP contribution in [0.3, 0.4) is 0 Å². The highest BCUT2D eigenvalue weighted by Crippen LogP contribution is 2.29. The first kappa shape index (κ1) is 11.8. The van der Waals surface area contributed by atoms with Crippen LogP contribution in [-0.4, -0.2) is 22.6 Å². The van der Waals surface area contributed by atoms with Crippen molar-refractivity contribution >= 4 is 21.7 Å². The van der Waals surface area contributed by atoms with Crippen molar-refractivity contribution in [1.82, 2.24) is 9.97 Å². The maximum absolute atomic E-state index is 4.53. The Labute approximate surface area is 105 Å². The molecule has 3 nitrogen and oxygen atoms in total. The molecule has 1 aliphatic rings. The molecule has 88 valence electrons. The molecule has 0 aromatic carbocycles. The molecule has 16 heavy (non-hydrogen) atoms. The van der Waals surface area contributed by atoms with E-state index in [1.165, 1.54) is 12.8 Å². The number of aromatic nitrogens is 2. The molecule has 0 saturated carbocycles. The van der Waals surface area contributed by atoms with Gasteiger partial charge >= 0.3 is 0 Å². The van der Waals surface area contributed by atoms with Gasteiger partial charge in [-0.3, -0.25) is 0 Å². The van der Waals surface area contributed by atoms with Gasteiger partial charge in [0, 0.05) is 18.7 Å². The molecule has 0 spiro atoms. The quantitative estimate of drug-likeness (QED) is 0.781. The molecule has 1 aromatic rings. The first-order chi connectivity index (χ1) is 7.58. The van der Waals surface area contributed by atoms with Crippen LogP contribution in [0.5, 0.6) is 0 Å². The van der Waals surface area contributed by atoms with Gasteiger partial charge in [0.2, 0.25) is 0 Å². The number of aryl methyl sites for hydroxylation is 1. The number of halogens is 1. The van der Waals surface area contributed by atoms with Gasteiger partial charge in [-0.05, 0) is 41.6 Å². The second-order valence-corrected chi connectivity index (χ2v) is 5.56. The molecule has 1 fully saturated rings. The van der Waals surface area contributed by atoms with E-state index in [0.717, 1.165) is 22.8 Å². The van der Waals surface area contributed by atoms with E-state index in [1.54, 1.807) is 0 Å². The van der Waals surface area contributed by atoms with E-state index < -0.39 is 0 Å². The van der Waals surface area contributed by atoms with Crippen molar-refractivity contribution < 1.29 is 0 Å². The van der Waals surface area contributed by atoms with Gasteiger partial charge in [-0.25, -0.2) is 9.97 Å². The van der Waals surface area contributed by atoms with Crippen LogP contribution in [0.15, 0.2) is 10.7 Å². The molecule has 0 N–H and O–H groups in total. The second-order valence-electron chi connectivity index (χ2n) is 4.74. The zero-order valence-electron chi connectivity index (χ0n) is 10.1. The molecule has 1 aromatic heterocycles. The molecular weight excluding hydrogens is 266 g/mol. The summed E-state index contributed by atoms with van der Waals surface area (Å²) in [5.41, 5.74) is 0. The summed E-state index contributed by atoms with van der Waals surface area (Å²) in [6.45, 7) is 7.62. The van der Waals surface area contributed by atoms with Crippen molar-refractivity contribution in [3.63, 3.8) is 0 Å². The Kier molecular flexibility index (Phi) is 3.47. The largest absolute Gasteiger partial charge is 0.353 e. The molecule has 0 radical (unpaired) electrons. The highest BCUT2D eigenvalue weighted by atomic mass is 79.9. The van der Waals surface area contributed by atoms with Crippen LogP contribution in [0.1, 0.15) is 32.5 Å². The normalized spacial score (nSPS) is 20.8. The van der Waals surface area contributed by atoms with Crippen LogP contribution in [0.25, 0.3) is 0 Å². The van der Waals surface area contributed by atoms with Crippen molar-refractivity contribution in [2.45, 2.75) is 39.7 Å². The highest BCUT2D eigenvalue weighted by Gasteiger charge is 2.28. The van der Waals surface area contributed by atoms with E-state index in [2.05, 4.69) is 44.6 Å². The van der Waals surface area contributed by atoms with E-state index in [9.17, 15) is 0 Å². The van der Waals surface area contributed by atoms with E-state index in [1.807, 2.05) is 13.0 Å². The number of hydrogen-bond donors (Lipinski definition) is 0. The Morgan fingerprint density at radius 1 is 1.44 bits per heavy atom. The average molecular weight is 284 g/mol. The van der Waals surface area contributed by atoms with Gasteiger partial charge in [0.1, 0.15) is 16.2 Å². The smallest absolute Gasteiger partial charge is 0.133 e. The second kappa shape index (κ2) is 4.70. The van der Waals surface area contributed by atoms with Crippen molar-refractivity contribution in [2.24, 2.45) is 5.92 Å². The minimum absolute atomic E-state index is 0.626. The lowest BCUT2D eigenvalue weighted by Gasteiger charge is -2.28. The fraction of sp³-hybridized carbons (Fsp3) is 0.667. The van der Waals surface area contributed by atoms with Crippen molar-refractivity contribution in [1.29, 1.82) is 0 Å². The van der Waals surface area contributed by atoms with Gasteiger partial charge in [0.05, 0.1) is 0 Å². The van der Waals surface area contributed by atoms with Gasteiger partial charge in [-0.1, -0.05) is 13.8 Å². The van der Waals surface area contributed by atoms with Crippen LogP contribution < -0.4 is 4.90 Å². The van der Waals surface area contributed by atoms with Crippen molar-refractivity contribution in [2.75, 3.05) is 11.4 Å². The van der Waals surface area contributed by atoms with Gasteiger partial charge in [-0.2, -0.15) is 0 Å². The number of anilines is 1. The number of hydrogen-bond acceptors (Lipinski definition) is 3. The molecule has 1 unspecified atom stereocenters. The third-order valence-corrected chi connectivity index (χ3v) is 3.56. The molecule has 0 amide bonds. The molecule has 2 heterocycles. The first-order valence-electron chi connectivity index (χ1n) is 5.86. The molecule has 1 aliphatic heterocycles. The number of nitrogens with zero attached hydrogens (tertiary/aromatic N) is 3. The lowest BCUT2D eigenvalue weighted by molar-refractivity contribution is 0.489. The fourth-order valence-corrected chi connectivity index (χ4v) is 2.90. The van der Waals surface area contributed by atoms with Crippen LogP contribution >= 0.6 is 15.9 Å². The maximum Gasteiger partial charge on any atom is 0.133 e. The summed E-state index contributed by atoms with van der Waals surface area (Å²) < 4.78 is 0.879. The minimum atomic E-state index is 0.626. The zero-order valence-corrected chi connectivity index (χ0v) is 11.7. The topological polar surface area (TPSA) is 29.0 Å². The van der Waals surface area contributed by atoms with Crippen molar-refractivity contribution in [3.05, 3.63) is 16.5 Å². The lowest BCUT2D eigenvalue weighted by Crippen LogP contribution is -2.34. The third-order valence-electron chi connectivity index (χ3n) is 3.16. The Morgan fingerprint density at radius 3 is 2.81 bits per heavy atom. The number of rotatable bonds is 2. The summed E-state index contributed by atoms with van der Waals surface area (Å²) in [5, 5.41) is 0. The molecule has 4 heteroatoms. The summed E-state index contributed by atoms with van der Waals surface area (Å²) in [7, 11) is 0. The first-order valence-corrected chi connectivity index (χ1v) is 6.65. The standard InChI is InChI=1S/C12H18BrN3/c1-8(2)10-5-4-6-16(10)12-7-11(13)14-9(3)15-12/h7-8,10H,4-6H2,1-3H3. The lowest BCUT2D eigenvalue weighted by atomic mass is 10.0. The van der Waals surface area contributed by atoms with E-state index in [4.69, 9.17) is 0 Å². The van der Waals surface area contributed by atoms with E-state index in [0.29, 0.717) is 12.0 Å². The summed E-state index contributed by atoms with van der Waals surface area (Å²) in [4.78, 5) is 11.2. The summed E-state index contributed by atoms with van der Waals surface area (Å²) >= 11 is 3.44. The summed E-state index contributed by atoms with van der Waals surface area (Å²) in [5.74, 6) is 2.57. The Bertz CT molecular complexity index is 358. The summed E-state index contributed by atoms with van der Waals surface area (Å²) in [6.07, 6.45) is 2.54. The Hall–Kier alpha value is -0.640. The molecule has 2 rings (SSSR count). The summed E-state index contributed by atoms with van der Waals surface area (Å²) in [6, 6.07) is 2.65. The average Bonchev–Trinajstić information content (AvgIpc) is 2.63. The monoisotopic (exact) mass is 283 g/mol. The zero-order chi connectivity index (χ0) is 11.7. The Morgan fingerprint density at radius 2 is 2.19 bits per heavy atom. The van der Waals surface area contributed by atoms with Crippen LogP contribution in [0.2, 0.25) is 0 Å². The van der Waals surface area contributed by atoms with Gasteiger partial charge in [0.15, 0.2) is 0 Å². The third kappa shape index (κ3) is 2.37. The molecular formula is C12H18BrN3.